The molecule has 0 saturated heterocycles. The zero-order chi connectivity index (χ0) is 19.1. The van der Waals surface area contributed by atoms with Crippen LogP contribution in [0.2, 0.25) is 0 Å². The molecule has 0 aromatic carbocycles. The minimum Gasteiger partial charge on any atom is -0.468 e. The van der Waals surface area contributed by atoms with Crippen LogP contribution in [0.5, 0.6) is 0 Å². The Morgan fingerprint density at radius 3 is 3.04 bits per heavy atom. The Labute approximate surface area is 168 Å². The number of nitrogens with one attached hydrogen (secondary N) is 1. The molecule has 138 valence electrons. The van der Waals surface area contributed by atoms with E-state index in [4.69, 9.17) is 8.83 Å². The lowest BCUT2D eigenvalue weighted by Crippen LogP contribution is -2.13. The highest BCUT2D eigenvalue weighted by molar-refractivity contribution is 7.99. The molecule has 7 nitrogen and oxygen atoms in total. The number of carbonyl (C=O) groups is 1. The van der Waals surface area contributed by atoms with Crippen LogP contribution in [0.15, 0.2) is 55.2 Å². The van der Waals surface area contributed by atoms with Crippen molar-refractivity contribution in [3.63, 3.8) is 0 Å². The second-order valence-corrected chi connectivity index (χ2v) is 7.93. The van der Waals surface area contributed by atoms with Gasteiger partial charge < -0.3 is 8.83 Å². The molecule has 3 aromatic rings. The molecule has 27 heavy (non-hydrogen) atoms. The molecule has 10 heteroatoms. The number of furan rings is 2. The average Bonchev–Trinajstić information content (AvgIpc) is 3.41. The second-order valence-electron chi connectivity index (χ2n) is 4.96. The molecule has 0 atom stereocenters. The van der Waals surface area contributed by atoms with Crippen molar-refractivity contribution in [3.8, 4) is 6.07 Å². The van der Waals surface area contributed by atoms with E-state index in [-0.39, 0.29) is 5.57 Å². The number of hydrogen-bond donors (Lipinski definition) is 1. The summed E-state index contributed by atoms with van der Waals surface area (Å²) in [6, 6.07) is 9.08. The number of hydrogen-bond acceptors (Lipinski definition) is 9. The number of carbonyl (C=O) groups excluding carboxylic acids is 1. The van der Waals surface area contributed by atoms with Gasteiger partial charge in [-0.2, -0.15) is 14.6 Å². The molecule has 1 N–H and O–H groups in total. The minimum atomic E-state index is -0.553. The van der Waals surface area contributed by atoms with E-state index in [9.17, 15) is 10.1 Å². The van der Waals surface area contributed by atoms with Crippen LogP contribution in [0, 0.1) is 11.3 Å². The normalized spacial score (nSPS) is 11.3. The maximum Gasteiger partial charge on any atom is 0.268 e. The lowest BCUT2D eigenvalue weighted by Gasteiger charge is -1.98. The van der Waals surface area contributed by atoms with Crippen molar-refractivity contribution < 1.29 is 13.6 Å². The Balaban J connectivity index is 1.62. The van der Waals surface area contributed by atoms with Crippen molar-refractivity contribution in [2.24, 2.45) is 0 Å². The van der Waals surface area contributed by atoms with E-state index in [1.165, 1.54) is 29.6 Å². The first-order valence-corrected chi connectivity index (χ1v) is 10.6. The molecule has 0 aliphatic rings. The quantitative estimate of drug-likeness (QED) is 0.319. The maximum absolute atomic E-state index is 12.3. The highest BCUT2D eigenvalue weighted by atomic mass is 32.2. The van der Waals surface area contributed by atoms with Gasteiger partial charge in [0, 0.05) is 17.6 Å². The van der Waals surface area contributed by atoms with E-state index >= 15 is 0 Å². The number of amides is 1. The molecular formula is C17H14N4O3S3. The van der Waals surface area contributed by atoms with Crippen LogP contribution >= 0.6 is 35.1 Å². The van der Waals surface area contributed by atoms with E-state index < -0.39 is 5.91 Å². The first-order valence-electron chi connectivity index (χ1n) is 7.82. The minimum absolute atomic E-state index is 0.0770. The fourth-order valence-electron chi connectivity index (χ4n) is 1.93. The summed E-state index contributed by atoms with van der Waals surface area (Å²) in [5.41, 5.74) is -0.0770. The molecule has 3 rings (SSSR count). The van der Waals surface area contributed by atoms with Crippen LogP contribution < -0.4 is 5.32 Å². The zero-order valence-corrected chi connectivity index (χ0v) is 16.6. The molecule has 0 spiro atoms. The average molecular weight is 419 g/mol. The summed E-state index contributed by atoms with van der Waals surface area (Å²) in [6.45, 7) is 1.99. The van der Waals surface area contributed by atoms with Gasteiger partial charge in [0.1, 0.15) is 23.2 Å². The third-order valence-electron chi connectivity index (χ3n) is 3.09. The van der Waals surface area contributed by atoms with E-state index in [2.05, 4.69) is 14.7 Å². The molecule has 0 aliphatic carbocycles. The fraction of sp³-hybridized carbons (Fsp3) is 0.176. The van der Waals surface area contributed by atoms with Crippen LogP contribution in [0.3, 0.4) is 0 Å². The van der Waals surface area contributed by atoms with Crippen molar-refractivity contribution in [3.05, 3.63) is 47.6 Å². The molecule has 1 amide bonds. The van der Waals surface area contributed by atoms with Crippen molar-refractivity contribution in [1.29, 1.82) is 5.26 Å². The van der Waals surface area contributed by atoms with Gasteiger partial charge in [-0.25, -0.2) is 0 Å². The van der Waals surface area contributed by atoms with Crippen molar-refractivity contribution in [2.45, 2.75) is 22.9 Å². The molecule has 3 aromatic heterocycles. The summed E-state index contributed by atoms with van der Waals surface area (Å²) in [5, 5.41) is 13.5. The monoisotopic (exact) mass is 418 g/mol. The van der Waals surface area contributed by atoms with E-state index in [1.54, 1.807) is 18.4 Å². The molecule has 3 heterocycles. The summed E-state index contributed by atoms with van der Waals surface area (Å²) in [5.74, 6) is 2.17. The maximum atomic E-state index is 12.3. The third kappa shape index (κ3) is 5.50. The lowest BCUT2D eigenvalue weighted by molar-refractivity contribution is -0.112. The van der Waals surface area contributed by atoms with Gasteiger partial charge in [0.2, 0.25) is 10.3 Å². The highest BCUT2D eigenvalue weighted by Gasteiger charge is 2.14. The number of rotatable bonds is 8. The predicted octanol–water partition coefficient (Wildman–Crippen LogP) is 4.67. The van der Waals surface area contributed by atoms with Gasteiger partial charge in [-0.15, -0.1) is 0 Å². The number of nitriles is 1. The summed E-state index contributed by atoms with van der Waals surface area (Å²) in [4.78, 5) is 16.5. The third-order valence-corrected chi connectivity index (χ3v) is 5.50. The smallest absolute Gasteiger partial charge is 0.268 e. The van der Waals surface area contributed by atoms with Crippen LogP contribution in [-0.4, -0.2) is 21.0 Å². The van der Waals surface area contributed by atoms with Crippen molar-refractivity contribution >= 4 is 52.2 Å². The van der Waals surface area contributed by atoms with Crippen molar-refractivity contribution in [2.75, 3.05) is 11.1 Å². The molecule has 0 bridgehead atoms. The second kappa shape index (κ2) is 9.45. The van der Waals surface area contributed by atoms with Gasteiger partial charge in [-0.05, 0) is 30.0 Å². The highest BCUT2D eigenvalue weighted by Crippen LogP contribution is 2.26. The van der Waals surface area contributed by atoms with Gasteiger partial charge >= 0.3 is 0 Å². The van der Waals surface area contributed by atoms with Gasteiger partial charge in [0.05, 0.1) is 12.0 Å². The van der Waals surface area contributed by atoms with E-state index in [0.29, 0.717) is 26.9 Å². The Kier molecular flexibility index (Phi) is 6.75. The van der Waals surface area contributed by atoms with Crippen LogP contribution in [0.25, 0.3) is 6.08 Å². The van der Waals surface area contributed by atoms with E-state index in [1.807, 2.05) is 25.1 Å². The zero-order valence-electron chi connectivity index (χ0n) is 14.2. The van der Waals surface area contributed by atoms with Crippen molar-refractivity contribution in [1.82, 2.24) is 9.36 Å². The summed E-state index contributed by atoms with van der Waals surface area (Å²) < 4.78 is 15.0. The lowest BCUT2D eigenvalue weighted by atomic mass is 10.2. The molecule has 0 saturated carbocycles. The van der Waals surface area contributed by atoms with Crippen LogP contribution in [0.4, 0.5) is 5.13 Å². The van der Waals surface area contributed by atoms with E-state index in [0.717, 1.165) is 23.0 Å². The first kappa shape index (κ1) is 19.3. The number of thioether (sulfide) groups is 2. The number of anilines is 1. The SMILES string of the molecule is CCSc1nsc(NC(=O)/C(C#N)=C\c2ccc(SCc3ccco3)o2)n1. The Morgan fingerprint density at radius 1 is 1.41 bits per heavy atom. The summed E-state index contributed by atoms with van der Waals surface area (Å²) >= 11 is 4.01. The predicted molar refractivity (Wildman–Crippen MR) is 106 cm³/mol. The Bertz CT molecular complexity index is 970. The fourth-order valence-corrected chi connectivity index (χ4v) is 3.96. The molecule has 0 fully saturated rings. The van der Waals surface area contributed by atoms with Gasteiger partial charge in [0.15, 0.2) is 5.09 Å². The van der Waals surface area contributed by atoms with Gasteiger partial charge in [-0.1, -0.05) is 30.4 Å². The van der Waals surface area contributed by atoms with Gasteiger partial charge in [0.25, 0.3) is 5.91 Å². The van der Waals surface area contributed by atoms with Crippen LogP contribution in [0.1, 0.15) is 18.4 Å². The molecule has 0 unspecified atom stereocenters. The number of aromatic nitrogens is 2. The molecule has 0 radical (unpaired) electrons. The summed E-state index contributed by atoms with van der Waals surface area (Å²) in [6.07, 6.45) is 3.01. The topological polar surface area (TPSA) is 105 Å². The van der Waals surface area contributed by atoms with Gasteiger partial charge in [-0.3, -0.25) is 10.1 Å². The van der Waals surface area contributed by atoms with Crippen LogP contribution in [-0.2, 0) is 10.5 Å². The Morgan fingerprint density at radius 2 is 2.30 bits per heavy atom. The molecular weight excluding hydrogens is 404 g/mol. The first-order chi connectivity index (χ1) is 13.2. The summed E-state index contributed by atoms with van der Waals surface area (Å²) in [7, 11) is 0. The Hall–Kier alpha value is -2.48. The largest absolute Gasteiger partial charge is 0.468 e. The standard InChI is InChI=1S/C17H14N4O3S3/c1-2-25-17-20-16(27-21-17)19-15(22)11(9-18)8-12-5-6-14(24-12)26-10-13-4-3-7-23-13/h3-8H,2,10H2,1H3,(H,19,20,21,22)/b11-8-. The molecule has 0 aliphatic heterocycles. The number of nitrogens with zero attached hydrogens (tertiary/aromatic N) is 3.